The van der Waals surface area contributed by atoms with E-state index in [0.29, 0.717) is 0 Å². The Morgan fingerprint density at radius 1 is 1.00 bits per heavy atom. The summed E-state index contributed by atoms with van der Waals surface area (Å²) < 4.78 is 0. The van der Waals surface area contributed by atoms with Gasteiger partial charge in [0.05, 0.1) is 11.4 Å². The molecule has 0 saturated carbocycles. The molecule has 0 unspecified atom stereocenters. The molecule has 0 aliphatic rings. The maximum absolute atomic E-state index is 4.90. The Balaban J connectivity index is 2.53. The zero-order valence-corrected chi connectivity index (χ0v) is 12.4. The Morgan fingerprint density at radius 2 is 1.65 bits per heavy atom. The van der Waals surface area contributed by atoms with Crippen LogP contribution < -0.4 is 0 Å². The fourth-order valence-corrected chi connectivity index (χ4v) is 2.19. The molecule has 0 radical (unpaired) electrons. The van der Waals surface area contributed by atoms with E-state index in [4.69, 9.17) is 4.99 Å². The first-order valence-electron chi connectivity index (χ1n) is 7.09. The first-order chi connectivity index (χ1) is 9.72. The third-order valence-corrected chi connectivity index (χ3v) is 3.28. The summed E-state index contributed by atoms with van der Waals surface area (Å²) in [6.07, 6.45) is 3.25. The highest BCUT2D eigenvalue weighted by Crippen LogP contribution is 2.21. The van der Waals surface area contributed by atoms with Crippen molar-refractivity contribution in [2.24, 2.45) is 4.99 Å². The molecule has 1 heteroatoms. The number of hydrogen-bond acceptors (Lipinski definition) is 1. The molecular weight excluding hydrogens is 242 g/mol. The molecule has 2 aromatic carbocycles. The molecule has 0 saturated heterocycles. The number of hydrogen-bond donors (Lipinski definition) is 0. The van der Waals surface area contributed by atoms with Gasteiger partial charge in [-0.1, -0.05) is 61.5 Å². The Hall–Kier alpha value is -2.15. The molecule has 2 rings (SSSR count). The Kier molecular flexibility index (Phi) is 4.89. The minimum atomic E-state index is 1.02. The van der Waals surface area contributed by atoms with E-state index in [1.807, 2.05) is 18.2 Å². The fraction of sp³-hybridized carbons (Fsp3) is 0.211. The number of nitrogens with zero attached hydrogens (tertiary/aromatic N) is 1. The van der Waals surface area contributed by atoms with E-state index in [0.717, 1.165) is 23.4 Å². The van der Waals surface area contributed by atoms with Crippen LogP contribution in [0.1, 0.15) is 31.4 Å². The average Bonchev–Trinajstić information content (AvgIpc) is 2.47. The molecule has 0 heterocycles. The number of aliphatic imine (C=N–C) groups is 1. The van der Waals surface area contributed by atoms with Crippen molar-refractivity contribution in [3.63, 3.8) is 0 Å². The van der Waals surface area contributed by atoms with E-state index < -0.39 is 0 Å². The third-order valence-electron chi connectivity index (χ3n) is 3.28. The van der Waals surface area contributed by atoms with Gasteiger partial charge in [0.15, 0.2) is 0 Å². The van der Waals surface area contributed by atoms with Gasteiger partial charge in [-0.15, -0.1) is 0 Å². The van der Waals surface area contributed by atoms with Gasteiger partial charge in [0, 0.05) is 5.56 Å². The largest absolute Gasteiger partial charge is 0.248 e. The molecule has 102 valence electrons. The molecular formula is C19H21N. The first kappa shape index (κ1) is 14.3. The van der Waals surface area contributed by atoms with Crippen molar-refractivity contribution in [1.29, 1.82) is 0 Å². The van der Waals surface area contributed by atoms with Crippen molar-refractivity contribution in [2.75, 3.05) is 0 Å². The minimum Gasteiger partial charge on any atom is -0.248 e. The van der Waals surface area contributed by atoms with Gasteiger partial charge < -0.3 is 0 Å². The number of para-hydroxylation sites is 1. The van der Waals surface area contributed by atoms with Crippen LogP contribution in [0.2, 0.25) is 0 Å². The summed E-state index contributed by atoms with van der Waals surface area (Å²) in [5.74, 6) is 0. The minimum absolute atomic E-state index is 1.02. The zero-order valence-electron chi connectivity index (χ0n) is 12.4. The monoisotopic (exact) mass is 263 g/mol. The van der Waals surface area contributed by atoms with E-state index in [2.05, 4.69) is 63.2 Å². The maximum Gasteiger partial charge on any atom is 0.0735 e. The van der Waals surface area contributed by atoms with Crippen LogP contribution in [-0.2, 0) is 0 Å². The highest BCUT2D eigenvalue weighted by atomic mass is 14.8. The lowest BCUT2D eigenvalue weighted by Crippen LogP contribution is -2.02. The molecule has 0 bridgehead atoms. The molecule has 0 N–H and O–H groups in total. The fourth-order valence-electron chi connectivity index (χ4n) is 2.19. The summed E-state index contributed by atoms with van der Waals surface area (Å²) in [5, 5.41) is 0. The van der Waals surface area contributed by atoms with Gasteiger partial charge in [0.1, 0.15) is 0 Å². The van der Waals surface area contributed by atoms with E-state index in [1.54, 1.807) is 0 Å². The van der Waals surface area contributed by atoms with Gasteiger partial charge in [-0.2, -0.15) is 0 Å². The lowest BCUT2D eigenvalue weighted by Gasteiger charge is -2.09. The van der Waals surface area contributed by atoms with Crippen molar-refractivity contribution in [3.8, 4) is 0 Å². The Bertz CT molecular complexity index is 621. The van der Waals surface area contributed by atoms with Gasteiger partial charge in [-0.05, 0) is 37.5 Å². The SMILES string of the molecule is CC/C=C(/C)C(=Nc1ccccc1C)c1ccccc1. The van der Waals surface area contributed by atoms with Crippen LogP contribution in [0.25, 0.3) is 0 Å². The molecule has 0 amide bonds. The molecule has 2 aromatic rings. The quantitative estimate of drug-likeness (QED) is 0.648. The molecule has 20 heavy (non-hydrogen) atoms. The van der Waals surface area contributed by atoms with Crippen molar-refractivity contribution in [3.05, 3.63) is 77.4 Å². The lowest BCUT2D eigenvalue weighted by molar-refractivity contribution is 1.20. The predicted octanol–water partition coefficient (Wildman–Crippen LogP) is 5.47. The van der Waals surface area contributed by atoms with Crippen LogP contribution in [0.5, 0.6) is 0 Å². The van der Waals surface area contributed by atoms with Crippen molar-refractivity contribution in [2.45, 2.75) is 27.2 Å². The predicted molar refractivity (Wildman–Crippen MR) is 87.9 cm³/mol. The summed E-state index contributed by atoms with van der Waals surface area (Å²) >= 11 is 0. The van der Waals surface area contributed by atoms with Crippen molar-refractivity contribution >= 4 is 11.4 Å². The summed E-state index contributed by atoms with van der Waals surface area (Å²) in [6, 6.07) is 18.6. The average molecular weight is 263 g/mol. The van der Waals surface area contributed by atoms with Crippen molar-refractivity contribution < 1.29 is 0 Å². The van der Waals surface area contributed by atoms with Crippen molar-refractivity contribution in [1.82, 2.24) is 0 Å². The maximum atomic E-state index is 4.90. The highest BCUT2D eigenvalue weighted by molar-refractivity contribution is 6.13. The number of allylic oxidation sites excluding steroid dienone is 2. The summed E-state index contributed by atoms with van der Waals surface area (Å²) in [4.78, 5) is 4.90. The van der Waals surface area contributed by atoms with Crippen LogP contribution in [0.3, 0.4) is 0 Å². The second kappa shape index (κ2) is 6.85. The van der Waals surface area contributed by atoms with Crippen LogP contribution >= 0.6 is 0 Å². The first-order valence-corrected chi connectivity index (χ1v) is 7.09. The highest BCUT2D eigenvalue weighted by Gasteiger charge is 2.06. The normalized spacial score (nSPS) is 12.6. The molecule has 0 aliphatic heterocycles. The van der Waals surface area contributed by atoms with E-state index >= 15 is 0 Å². The molecule has 0 aliphatic carbocycles. The molecule has 0 fully saturated rings. The van der Waals surface area contributed by atoms with E-state index in [1.165, 1.54) is 11.1 Å². The summed E-state index contributed by atoms with van der Waals surface area (Å²) in [6.45, 7) is 6.38. The van der Waals surface area contributed by atoms with Gasteiger partial charge in [-0.25, -0.2) is 4.99 Å². The Morgan fingerprint density at radius 3 is 2.30 bits per heavy atom. The van der Waals surface area contributed by atoms with Crippen LogP contribution in [0.4, 0.5) is 5.69 Å². The number of benzene rings is 2. The summed E-state index contributed by atoms with van der Waals surface area (Å²) in [5.41, 5.74) is 5.68. The van der Waals surface area contributed by atoms with Crippen LogP contribution in [-0.4, -0.2) is 5.71 Å². The molecule has 0 atom stereocenters. The summed E-state index contributed by atoms with van der Waals surface area (Å²) in [7, 11) is 0. The molecule has 1 nitrogen and oxygen atoms in total. The lowest BCUT2D eigenvalue weighted by atomic mass is 10.0. The molecule has 0 aromatic heterocycles. The van der Waals surface area contributed by atoms with Gasteiger partial charge in [0.25, 0.3) is 0 Å². The second-order valence-electron chi connectivity index (χ2n) is 4.91. The van der Waals surface area contributed by atoms with Gasteiger partial charge in [-0.3, -0.25) is 0 Å². The topological polar surface area (TPSA) is 12.4 Å². The smallest absolute Gasteiger partial charge is 0.0735 e. The zero-order chi connectivity index (χ0) is 14.4. The van der Waals surface area contributed by atoms with E-state index in [9.17, 15) is 0 Å². The van der Waals surface area contributed by atoms with Crippen LogP contribution in [0.15, 0.2) is 71.2 Å². The standard InChI is InChI=1S/C19H21N/c1-4-10-16(3)19(17-12-6-5-7-13-17)20-18-14-9-8-11-15(18)2/h5-14H,4H2,1-3H3/b16-10-,20-19?. The molecule has 0 spiro atoms. The van der Waals surface area contributed by atoms with E-state index in [-0.39, 0.29) is 0 Å². The number of aryl methyl sites for hydroxylation is 1. The van der Waals surface area contributed by atoms with Crippen LogP contribution in [0, 0.1) is 6.92 Å². The van der Waals surface area contributed by atoms with Gasteiger partial charge in [0.2, 0.25) is 0 Å². The van der Waals surface area contributed by atoms with Gasteiger partial charge >= 0.3 is 0 Å². The third kappa shape index (κ3) is 3.45. The number of rotatable bonds is 4. The Labute approximate surface area is 121 Å². The second-order valence-corrected chi connectivity index (χ2v) is 4.91.